The monoisotopic (exact) mass is 338 g/mol. The van der Waals surface area contributed by atoms with Gasteiger partial charge in [0.25, 0.3) is 0 Å². The van der Waals surface area contributed by atoms with Crippen molar-refractivity contribution in [1.29, 1.82) is 0 Å². The predicted octanol–water partition coefficient (Wildman–Crippen LogP) is 2.73. The van der Waals surface area contributed by atoms with Gasteiger partial charge in [0, 0.05) is 25.7 Å². The highest BCUT2D eigenvalue weighted by molar-refractivity contribution is 5.78. The van der Waals surface area contributed by atoms with Gasteiger partial charge in [-0.1, -0.05) is 26.7 Å². The number of guanidine groups is 1. The number of piperidine rings is 1. The maximum absolute atomic E-state index is 11.7. The Balaban J connectivity index is 1.74. The molecule has 0 aromatic heterocycles. The van der Waals surface area contributed by atoms with Gasteiger partial charge in [-0.05, 0) is 43.9 Å². The van der Waals surface area contributed by atoms with E-state index in [1.54, 1.807) is 4.90 Å². The second-order valence-electron chi connectivity index (χ2n) is 7.78. The summed E-state index contributed by atoms with van der Waals surface area (Å²) in [6.45, 7) is 9.05. The lowest BCUT2D eigenvalue weighted by Gasteiger charge is -2.32. The van der Waals surface area contributed by atoms with Crippen molar-refractivity contribution in [3.63, 3.8) is 0 Å². The van der Waals surface area contributed by atoms with Crippen molar-refractivity contribution in [3.8, 4) is 0 Å². The number of rotatable bonds is 5. The van der Waals surface area contributed by atoms with Gasteiger partial charge in [0.15, 0.2) is 5.96 Å². The van der Waals surface area contributed by atoms with E-state index in [-0.39, 0.29) is 17.6 Å². The lowest BCUT2D eigenvalue weighted by molar-refractivity contribution is 0.0963. The minimum Gasteiger partial charge on any atom is -0.450 e. The summed E-state index contributed by atoms with van der Waals surface area (Å²) in [6.07, 6.45) is 6.89. The van der Waals surface area contributed by atoms with Gasteiger partial charge in [-0.2, -0.15) is 0 Å². The number of nitrogens with one attached hydrogen (secondary N) is 1. The molecule has 0 unspecified atom stereocenters. The van der Waals surface area contributed by atoms with E-state index in [1.165, 1.54) is 25.7 Å². The highest BCUT2D eigenvalue weighted by atomic mass is 16.6. The molecule has 138 valence electrons. The first-order valence-corrected chi connectivity index (χ1v) is 9.40. The average molecular weight is 338 g/mol. The van der Waals surface area contributed by atoms with Crippen LogP contribution in [0.15, 0.2) is 4.99 Å². The second-order valence-corrected chi connectivity index (χ2v) is 7.78. The number of aliphatic imine (C=N–C) groups is 1. The Bertz CT molecular complexity index is 436. The SMILES string of the molecule is CCOC(=O)N1CCC(NC(N)=NCC(C)(C)C2CCCC2)CC1. The molecular weight excluding hydrogens is 304 g/mol. The Hall–Kier alpha value is -1.46. The summed E-state index contributed by atoms with van der Waals surface area (Å²) in [6, 6.07) is 0.286. The Morgan fingerprint density at radius 3 is 2.46 bits per heavy atom. The molecule has 0 aromatic carbocycles. The quantitative estimate of drug-likeness (QED) is 0.597. The number of nitrogens with zero attached hydrogens (tertiary/aromatic N) is 2. The molecule has 1 heterocycles. The van der Waals surface area contributed by atoms with Crippen molar-refractivity contribution in [2.75, 3.05) is 26.2 Å². The molecule has 6 nitrogen and oxygen atoms in total. The summed E-state index contributed by atoms with van der Waals surface area (Å²) < 4.78 is 5.04. The van der Waals surface area contributed by atoms with Crippen molar-refractivity contribution in [2.45, 2.75) is 65.3 Å². The van der Waals surface area contributed by atoms with Gasteiger partial charge in [-0.25, -0.2) is 4.79 Å². The zero-order chi connectivity index (χ0) is 17.6. The van der Waals surface area contributed by atoms with Gasteiger partial charge < -0.3 is 20.7 Å². The molecule has 2 aliphatic rings. The van der Waals surface area contributed by atoms with Crippen LogP contribution in [0.1, 0.15) is 59.3 Å². The van der Waals surface area contributed by atoms with Crippen LogP contribution < -0.4 is 11.1 Å². The van der Waals surface area contributed by atoms with Gasteiger partial charge in [-0.15, -0.1) is 0 Å². The smallest absolute Gasteiger partial charge is 0.409 e. The number of likely N-dealkylation sites (tertiary alicyclic amines) is 1. The van der Waals surface area contributed by atoms with Gasteiger partial charge in [0.2, 0.25) is 0 Å². The van der Waals surface area contributed by atoms with Crippen molar-refractivity contribution >= 4 is 12.1 Å². The van der Waals surface area contributed by atoms with Crippen molar-refractivity contribution in [3.05, 3.63) is 0 Å². The number of nitrogens with two attached hydrogens (primary N) is 1. The molecule has 3 N–H and O–H groups in total. The summed E-state index contributed by atoms with van der Waals surface area (Å²) in [5.41, 5.74) is 6.30. The summed E-state index contributed by atoms with van der Waals surface area (Å²) in [5, 5.41) is 3.32. The number of carbonyl (C=O) groups excluding carboxylic acids is 1. The molecule has 0 radical (unpaired) electrons. The van der Waals surface area contributed by atoms with E-state index in [0.717, 1.165) is 25.3 Å². The predicted molar refractivity (Wildman–Crippen MR) is 97.0 cm³/mol. The number of carbonyl (C=O) groups is 1. The van der Waals surface area contributed by atoms with Crippen LogP contribution in [-0.2, 0) is 4.74 Å². The van der Waals surface area contributed by atoms with E-state index in [1.807, 2.05) is 6.92 Å². The van der Waals surface area contributed by atoms with Gasteiger partial charge in [0.1, 0.15) is 0 Å². The molecule has 0 aromatic rings. The summed E-state index contributed by atoms with van der Waals surface area (Å²) in [4.78, 5) is 18.1. The van der Waals surface area contributed by atoms with E-state index in [0.29, 0.717) is 25.7 Å². The maximum atomic E-state index is 11.7. The molecule has 1 aliphatic heterocycles. The third-order valence-corrected chi connectivity index (χ3v) is 5.49. The van der Waals surface area contributed by atoms with E-state index in [9.17, 15) is 4.79 Å². The topological polar surface area (TPSA) is 80.0 Å². The van der Waals surface area contributed by atoms with E-state index in [2.05, 4.69) is 24.2 Å². The third kappa shape index (κ3) is 5.28. The minimum atomic E-state index is -0.212. The lowest BCUT2D eigenvalue weighted by atomic mass is 9.78. The van der Waals surface area contributed by atoms with Crippen LogP contribution in [0.3, 0.4) is 0 Å². The molecule has 6 heteroatoms. The number of amides is 1. The van der Waals surface area contributed by atoms with Crippen molar-refractivity contribution < 1.29 is 9.53 Å². The van der Waals surface area contributed by atoms with Crippen molar-refractivity contribution in [2.24, 2.45) is 22.1 Å². The van der Waals surface area contributed by atoms with E-state index >= 15 is 0 Å². The lowest BCUT2D eigenvalue weighted by Crippen LogP contribution is -2.48. The maximum Gasteiger partial charge on any atom is 0.409 e. The summed E-state index contributed by atoms with van der Waals surface area (Å²) in [7, 11) is 0. The highest BCUT2D eigenvalue weighted by Crippen LogP contribution is 2.39. The molecule has 2 fully saturated rings. The van der Waals surface area contributed by atoms with Crippen LogP contribution in [0.5, 0.6) is 0 Å². The van der Waals surface area contributed by atoms with E-state index < -0.39 is 0 Å². The Labute approximate surface area is 146 Å². The molecule has 2 rings (SSSR count). The minimum absolute atomic E-state index is 0.212. The zero-order valence-corrected chi connectivity index (χ0v) is 15.5. The largest absolute Gasteiger partial charge is 0.450 e. The fraction of sp³-hybridized carbons (Fsp3) is 0.889. The average Bonchev–Trinajstić information content (AvgIpc) is 3.09. The normalized spacial score (nSPS) is 21.1. The first kappa shape index (κ1) is 18.9. The first-order chi connectivity index (χ1) is 11.4. The standard InChI is InChI=1S/C18H34N4O2/c1-4-24-17(23)22-11-9-15(10-12-22)21-16(19)20-13-18(2,3)14-7-5-6-8-14/h14-15H,4-13H2,1-3H3,(H3,19,20,21). The Morgan fingerprint density at radius 2 is 1.88 bits per heavy atom. The molecule has 1 amide bonds. The van der Waals surface area contributed by atoms with Gasteiger partial charge in [-0.3, -0.25) is 4.99 Å². The molecule has 0 spiro atoms. The Kier molecular flexibility index (Phi) is 6.75. The van der Waals surface area contributed by atoms with Crippen LogP contribution in [0.4, 0.5) is 4.79 Å². The number of hydrogen-bond acceptors (Lipinski definition) is 3. The first-order valence-electron chi connectivity index (χ1n) is 9.40. The highest BCUT2D eigenvalue weighted by Gasteiger charge is 2.31. The Morgan fingerprint density at radius 1 is 1.25 bits per heavy atom. The molecule has 0 atom stereocenters. The molecule has 1 aliphatic carbocycles. The van der Waals surface area contributed by atoms with Crippen LogP contribution in [0.2, 0.25) is 0 Å². The fourth-order valence-electron chi connectivity index (χ4n) is 3.80. The molecule has 1 saturated carbocycles. The van der Waals surface area contributed by atoms with E-state index in [4.69, 9.17) is 10.5 Å². The molecular formula is C18H34N4O2. The van der Waals surface area contributed by atoms with Crippen LogP contribution in [0, 0.1) is 11.3 Å². The van der Waals surface area contributed by atoms with Gasteiger partial charge >= 0.3 is 6.09 Å². The summed E-state index contributed by atoms with van der Waals surface area (Å²) in [5.74, 6) is 1.30. The molecule has 1 saturated heterocycles. The zero-order valence-electron chi connectivity index (χ0n) is 15.5. The number of hydrogen-bond donors (Lipinski definition) is 2. The van der Waals surface area contributed by atoms with Crippen LogP contribution in [-0.4, -0.2) is 49.2 Å². The fourth-order valence-corrected chi connectivity index (χ4v) is 3.80. The summed E-state index contributed by atoms with van der Waals surface area (Å²) >= 11 is 0. The van der Waals surface area contributed by atoms with Gasteiger partial charge in [0.05, 0.1) is 6.61 Å². The molecule has 0 bridgehead atoms. The van der Waals surface area contributed by atoms with Crippen molar-refractivity contribution in [1.82, 2.24) is 10.2 Å². The third-order valence-electron chi connectivity index (χ3n) is 5.49. The number of ether oxygens (including phenoxy) is 1. The van der Waals surface area contributed by atoms with Crippen LogP contribution >= 0.6 is 0 Å². The van der Waals surface area contributed by atoms with Crippen LogP contribution in [0.25, 0.3) is 0 Å². The second kappa shape index (κ2) is 8.58. The molecule has 24 heavy (non-hydrogen) atoms.